The lowest BCUT2D eigenvalue weighted by Crippen LogP contribution is -2.08. The number of rotatable bonds is 3. The van der Waals surface area contributed by atoms with Crippen LogP contribution in [0.4, 0.5) is 5.82 Å². The van der Waals surface area contributed by atoms with Gasteiger partial charge in [0.1, 0.15) is 5.82 Å². The maximum absolute atomic E-state index is 11.1. The molecule has 0 aliphatic heterocycles. The molecule has 1 heterocycles. The number of hydrogen-bond donors (Lipinski definition) is 1. The van der Waals surface area contributed by atoms with E-state index in [9.17, 15) is 13.2 Å². The van der Waals surface area contributed by atoms with Crippen molar-refractivity contribution in [3.05, 3.63) is 11.8 Å². The van der Waals surface area contributed by atoms with Crippen molar-refractivity contribution >= 4 is 21.9 Å². The van der Waals surface area contributed by atoms with E-state index in [-0.39, 0.29) is 16.5 Å². The van der Waals surface area contributed by atoms with Crippen LogP contribution >= 0.6 is 0 Å². The van der Waals surface area contributed by atoms with Crippen LogP contribution < -0.4 is 5.32 Å². The van der Waals surface area contributed by atoms with Crippen LogP contribution in [0.15, 0.2) is 11.4 Å². The zero-order valence-corrected chi connectivity index (χ0v) is 8.50. The smallest absolute Gasteiger partial charge is 0.248 e. The van der Waals surface area contributed by atoms with Crippen LogP contribution in [0.2, 0.25) is 0 Å². The molecule has 14 heavy (non-hydrogen) atoms. The molecule has 0 radical (unpaired) electrons. The van der Waals surface area contributed by atoms with Crippen LogP contribution in [0.1, 0.15) is 10.4 Å². The quantitative estimate of drug-likeness (QED) is 0.551. The molecule has 0 saturated carbocycles. The number of nitrogens with zero attached hydrogens (tertiary/aromatic N) is 2. The molecule has 0 spiro atoms. The van der Waals surface area contributed by atoms with Crippen molar-refractivity contribution in [3.63, 3.8) is 0 Å². The zero-order valence-electron chi connectivity index (χ0n) is 7.68. The highest BCUT2D eigenvalue weighted by molar-refractivity contribution is 7.90. The van der Waals surface area contributed by atoms with Gasteiger partial charge in [-0.25, -0.2) is 18.4 Å². The monoisotopic (exact) mass is 215 g/mol. The summed E-state index contributed by atoms with van der Waals surface area (Å²) >= 11 is 0. The van der Waals surface area contributed by atoms with Gasteiger partial charge in [-0.3, -0.25) is 4.79 Å². The van der Waals surface area contributed by atoms with Gasteiger partial charge in [-0.2, -0.15) is 0 Å². The Bertz CT molecular complexity index is 455. The second-order valence-electron chi connectivity index (χ2n) is 2.60. The standard InChI is InChI=1S/C7H9N3O3S/c1-8-6-5(4-11)3-9-7(10-6)14(2,12)13/h3-4H,1-2H3,(H,8,9,10). The summed E-state index contributed by atoms with van der Waals surface area (Å²) in [7, 11) is -1.90. The van der Waals surface area contributed by atoms with Crippen molar-refractivity contribution < 1.29 is 13.2 Å². The molecular weight excluding hydrogens is 206 g/mol. The van der Waals surface area contributed by atoms with Gasteiger partial charge in [-0.1, -0.05) is 0 Å². The molecule has 0 amide bonds. The van der Waals surface area contributed by atoms with Crippen molar-refractivity contribution in [3.8, 4) is 0 Å². The maximum atomic E-state index is 11.1. The van der Waals surface area contributed by atoms with Gasteiger partial charge < -0.3 is 5.32 Å². The highest BCUT2D eigenvalue weighted by Gasteiger charge is 2.13. The Labute approximate surface area is 81.3 Å². The summed E-state index contributed by atoms with van der Waals surface area (Å²) in [5.41, 5.74) is 0.222. The topological polar surface area (TPSA) is 89.0 Å². The van der Waals surface area contributed by atoms with Gasteiger partial charge in [0.25, 0.3) is 0 Å². The predicted octanol–water partition coefficient (Wildman–Crippen LogP) is -0.266. The minimum atomic E-state index is -3.44. The van der Waals surface area contributed by atoms with Gasteiger partial charge >= 0.3 is 0 Å². The fourth-order valence-corrected chi connectivity index (χ4v) is 1.34. The lowest BCUT2D eigenvalue weighted by atomic mass is 10.3. The first-order valence-corrected chi connectivity index (χ1v) is 5.58. The van der Waals surface area contributed by atoms with E-state index in [1.165, 1.54) is 6.20 Å². The summed E-state index contributed by atoms with van der Waals surface area (Å²) in [5.74, 6) is 0.204. The van der Waals surface area contributed by atoms with Crippen molar-refractivity contribution in [2.24, 2.45) is 0 Å². The maximum Gasteiger partial charge on any atom is 0.248 e. The summed E-state index contributed by atoms with van der Waals surface area (Å²) < 4.78 is 22.1. The number of sulfone groups is 1. The van der Waals surface area contributed by atoms with Gasteiger partial charge in [-0.05, 0) is 0 Å². The van der Waals surface area contributed by atoms with Gasteiger partial charge in [0.2, 0.25) is 15.0 Å². The molecule has 0 saturated heterocycles. The molecule has 1 rings (SSSR count). The van der Waals surface area contributed by atoms with E-state index in [4.69, 9.17) is 0 Å². The molecule has 0 fully saturated rings. The predicted molar refractivity (Wildman–Crippen MR) is 50.1 cm³/mol. The first kappa shape index (κ1) is 10.6. The average molecular weight is 215 g/mol. The van der Waals surface area contributed by atoms with E-state index in [0.717, 1.165) is 6.26 Å². The minimum Gasteiger partial charge on any atom is -0.372 e. The average Bonchev–Trinajstić information content (AvgIpc) is 2.15. The molecule has 76 valence electrons. The van der Waals surface area contributed by atoms with Crippen LogP contribution in [-0.4, -0.2) is 38.0 Å². The van der Waals surface area contributed by atoms with Crippen LogP contribution in [0.3, 0.4) is 0 Å². The number of aromatic nitrogens is 2. The number of hydrogen-bond acceptors (Lipinski definition) is 6. The van der Waals surface area contributed by atoms with E-state index in [0.29, 0.717) is 6.29 Å². The Balaban J connectivity index is 3.35. The highest BCUT2D eigenvalue weighted by atomic mass is 32.2. The van der Waals surface area contributed by atoms with Crippen molar-refractivity contribution in [2.75, 3.05) is 18.6 Å². The van der Waals surface area contributed by atoms with E-state index >= 15 is 0 Å². The van der Waals surface area contributed by atoms with Crippen LogP contribution in [0.25, 0.3) is 0 Å². The first-order valence-electron chi connectivity index (χ1n) is 3.69. The lowest BCUT2D eigenvalue weighted by Gasteiger charge is -2.03. The zero-order chi connectivity index (χ0) is 10.8. The number of nitrogens with one attached hydrogen (secondary N) is 1. The molecule has 0 aliphatic carbocycles. The molecule has 1 aromatic heterocycles. The Morgan fingerprint density at radius 2 is 2.14 bits per heavy atom. The second kappa shape index (κ2) is 3.70. The van der Waals surface area contributed by atoms with Crippen LogP contribution in [0, 0.1) is 0 Å². The minimum absolute atomic E-state index is 0.204. The third-order valence-electron chi connectivity index (χ3n) is 1.49. The van der Waals surface area contributed by atoms with Gasteiger partial charge in [-0.15, -0.1) is 0 Å². The van der Waals surface area contributed by atoms with Crippen molar-refractivity contribution in [2.45, 2.75) is 5.16 Å². The Morgan fingerprint density at radius 1 is 1.50 bits per heavy atom. The highest BCUT2D eigenvalue weighted by Crippen LogP contribution is 2.10. The summed E-state index contributed by atoms with van der Waals surface area (Å²) in [4.78, 5) is 17.7. The molecule has 1 aromatic rings. The number of anilines is 1. The third-order valence-corrected chi connectivity index (χ3v) is 2.35. The molecule has 0 unspecified atom stereocenters. The molecule has 0 aromatic carbocycles. The number of carbonyl (C=O) groups excluding carboxylic acids is 1. The van der Waals surface area contributed by atoms with Crippen LogP contribution in [0.5, 0.6) is 0 Å². The lowest BCUT2D eigenvalue weighted by molar-refractivity contribution is 0.112. The summed E-state index contributed by atoms with van der Waals surface area (Å²) in [6.45, 7) is 0. The Hall–Kier alpha value is -1.50. The van der Waals surface area contributed by atoms with E-state index in [2.05, 4.69) is 15.3 Å². The summed E-state index contributed by atoms with van der Waals surface area (Å²) in [5, 5.41) is 2.31. The van der Waals surface area contributed by atoms with Crippen LogP contribution in [-0.2, 0) is 9.84 Å². The van der Waals surface area contributed by atoms with E-state index < -0.39 is 9.84 Å². The summed E-state index contributed by atoms with van der Waals surface area (Å²) in [6, 6.07) is 0. The van der Waals surface area contributed by atoms with Crippen molar-refractivity contribution in [1.82, 2.24) is 9.97 Å². The van der Waals surface area contributed by atoms with Gasteiger partial charge in [0.15, 0.2) is 6.29 Å². The van der Waals surface area contributed by atoms with Gasteiger partial charge in [0.05, 0.1) is 5.56 Å². The third kappa shape index (κ3) is 2.05. The molecule has 0 bridgehead atoms. The number of carbonyl (C=O) groups is 1. The van der Waals surface area contributed by atoms with E-state index in [1.807, 2.05) is 0 Å². The SMILES string of the molecule is CNc1nc(S(C)(=O)=O)ncc1C=O. The Kier molecular flexibility index (Phi) is 2.80. The molecule has 6 nitrogen and oxygen atoms in total. The van der Waals surface area contributed by atoms with E-state index in [1.54, 1.807) is 7.05 Å². The fourth-order valence-electron chi connectivity index (χ4n) is 0.840. The first-order chi connectivity index (χ1) is 6.49. The fraction of sp³-hybridized carbons (Fsp3) is 0.286. The second-order valence-corrected chi connectivity index (χ2v) is 4.51. The molecule has 0 aliphatic rings. The normalized spacial score (nSPS) is 11.0. The largest absolute Gasteiger partial charge is 0.372 e. The summed E-state index contributed by atoms with van der Waals surface area (Å²) in [6.07, 6.45) is 2.72. The molecular formula is C7H9N3O3S. The molecule has 0 atom stereocenters. The molecule has 7 heteroatoms. The van der Waals surface area contributed by atoms with Crippen molar-refractivity contribution in [1.29, 1.82) is 0 Å². The Morgan fingerprint density at radius 3 is 2.57 bits per heavy atom. The van der Waals surface area contributed by atoms with Gasteiger partial charge in [0, 0.05) is 19.5 Å². The molecule has 1 N–H and O–H groups in total. The number of aldehydes is 1.